The molecule has 0 saturated heterocycles. The highest BCUT2D eigenvalue weighted by atomic mass is 32.2. The molecule has 0 atom stereocenters. The van der Waals surface area contributed by atoms with Gasteiger partial charge in [-0.3, -0.25) is 0 Å². The molecule has 0 spiro atoms. The predicted molar refractivity (Wildman–Crippen MR) is 63.1 cm³/mol. The van der Waals surface area contributed by atoms with E-state index >= 15 is 0 Å². The van der Waals surface area contributed by atoms with E-state index < -0.39 is 9.84 Å². The maximum Gasteiger partial charge on any atom is 0.156 e. The summed E-state index contributed by atoms with van der Waals surface area (Å²) in [7, 11) is -3.04. The molecule has 2 rings (SSSR count). The second-order valence-corrected chi connectivity index (χ2v) is 7.49. The summed E-state index contributed by atoms with van der Waals surface area (Å²) >= 11 is 0. The van der Waals surface area contributed by atoms with Gasteiger partial charge in [-0.05, 0) is 27.2 Å². The fourth-order valence-electron chi connectivity index (χ4n) is 2.01. The lowest BCUT2D eigenvalue weighted by atomic mass is 10.1. The van der Waals surface area contributed by atoms with Crippen LogP contribution in [-0.2, 0) is 27.5 Å². The molecular weight excluding hydrogens is 238 g/mol. The molecule has 0 saturated carbocycles. The van der Waals surface area contributed by atoms with Gasteiger partial charge in [-0.2, -0.15) is 10.4 Å². The summed E-state index contributed by atoms with van der Waals surface area (Å²) in [5.41, 5.74) is 1.54. The molecule has 0 N–H and O–H groups in total. The van der Waals surface area contributed by atoms with E-state index in [2.05, 4.69) is 11.2 Å². The van der Waals surface area contributed by atoms with Crippen molar-refractivity contribution in [1.29, 1.82) is 5.26 Å². The third-order valence-electron chi connectivity index (χ3n) is 2.83. The van der Waals surface area contributed by atoms with E-state index in [0.29, 0.717) is 17.8 Å². The Morgan fingerprint density at radius 3 is 2.59 bits per heavy atom. The van der Waals surface area contributed by atoms with Gasteiger partial charge < -0.3 is 0 Å². The van der Waals surface area contributed by atoms with Crippen LogP contribution in [0.25, 0.3) is 0 Å². The summed E-state index contributed by atoms with van der Waals surface area (Å²) in [6.07, 6.45) is 0.399. The van der Waals surface area contributed by atoms with Gasteiger partial charge in [0.2, 0.25) is 0 Å². The normalized spacial score (nSPS) is 18.5. The molecule has 1 aromatic rings. The highest BCUT2D eigenvalue weighted by Crippen LogP contribution is 2.27. The van der Waals surface area contributed by atoms with E-state index in [1.54, 1.807) is 4.68 Å². The molecule has 17 heavy (non-hydrogen) atoms. The Bertz CT molecular complexity index is 600. The van der Waals surface area contributed by atoms with Crippen LogP contribution in [0.5, 0.6) is 0 Å². The highest BCUT2D eigenvalue weighted by molar-refractivity contribution is 7.90. The van der Waals surface area contributed by atoms with Crippen LogP contribution < -0.4 is 0 Å². The molecule has 1 aromatic heterocycles. The van der Waals surface area contributed by atoms with Crippen molar-refractivity contribution < 1.29 is 8.42 Å². The zero-order valence-electron chi connectivity index (χ0n) is 10.2. The second kappa shape index (κ2) is 3.57. The summed E-state index contributed by atoms with van der Waals surface area (Å²) in [5.74, 6) is 0.0740. The van der Waals surface area contributed by atoms with E-state index in [1.807, 2.05) is 20.8 Å². The molecule has 0 amide bonds. The number of sulfone groups is 1. The van der Waals surface area contributed by atoms with Gasteiger partial charge in [-0.25, -0.2) is 13.1 Å². The topological polar surface area (TPSA) is 75.8 Å². The lowest BCUT2D eigenvalue weighted by Crippen LogP contribution is -2.24. The fraction of sp³-hybridized carbons (Fsp3) is 0.636. The Balaban J connectivity index is 2.62. The van der Waals surface area contributed by atoms with Crippen LogP contribution in [0.1, 0.15) is 37.7 Å². The molecule has 0 unspecified atom stereocenters. The number of fused-ring (bicyclic) bond motifs is 1. The fourth-order valence-corrected chi connectivity index (χ4v) is 3.32. The van der Waals surface area contributed by atoms with Gasteiger partial charge in [-0.1, -0.05) is 0 Å². The van der Waals surface area contributed by atoms with Crippen molar-refractivity contribution in [3.05, 3.63) is 17.0 Å². The van der Waals surface area contributed by atoms with Gasteiger partial charge >= 0.3 is 0 Å². The van der Waals surface area contributed by atoms with E-state index in [4.69, 9.17) is 0 Å². The van der Waals surface area contributed by atoms with E-state index in [9.17, 15) is 13.7 Å². The SMILES string of the molecule is CC(C)(C)n1nc2c(c1C#N)CCS(=O)(=O)C2. The first-order valence-corrected chi connectivity index (χ1v) is 7.28. The minimum Gasteiger partial charge on any atom is -0.249 e. The zero-order valence-corrected chi connectivity index (χ0v) is 11.0. The standard InChI is InChI=1S/C11H15N3O2S/c1-11(2,3)14-10(6-12)8-4-5-17(15,16)7-9(8)13-14/h4-5,7H2,1-3H3. The molecule has 1 aliphatic rings. The van der Waals surface area contributed by atoms with Crippen molar-refractivity contribution in [3.8, 4) is 6.07 Å². The van der Waals surface area contributed by atoms with E-state index in [-0.39, 0.29) is 17.0 Å². The first-order valence-electron chi connectivity index (χ1n) is 5.46. The summed E-state index contributed by atoms with van der Waals surface area (Å²) in [4.78, 5) is 0. The maximum absolute atomic E-state index is 11.5. The summed E-state index contributed by atoms with van der Waals surface area (Å²) in [6, 6.07) is 2.14. The van der Waals surface area contributed by atoms with Crippen LogP contribution in [0.3, 0.4) is 0 Å². The average Bonchev–Trinajstić information content (AvgIpc) is 2.52. The monoisotopic (exact) mass is 253 g/mol. The Morgan fingerprint density at radius 2 is 2.06 bits per heavy atom. The van der Waals surface area contributed by atoms with Crippen LogP contribution in [0.2, 0.25) is 0 Å². The van der Waals surface area contributed by atoms with Crippen LogP contribution in [0.15, 0.2) is 0 Å². The van der Waals surface area contributed by atoms with Crippen molar-refractivity contribution in [3.63, 3.8) is 0 Å². The first kappa shape index (κ1) is 12.1. The highest BCUT2D eigenvalue weighted by Gasteiger charge is 2.31. The molecule has 0 fully saturated rings. The Labute approximate surface area is 101 Å². The average molecular weight is 253 g/mol. The predicted octanol–water partition coefficient (Wildman–Crippen LogP) is 0.981. The Morgan fingerprint density at radius 1 is 1.41 bits per heavy atom. The van der Waals surface area contributed by atoms with Gasteiger partial charge in [0.25, 0.3) is 0 Å². The van der Waals surface area contributed by atoms with Crippen LogP contribution in [0.4, 0.5) is 0 Å². The molecule has 0 radical (unpaired) electrons. The Hall–Kier alpha value is -1.35. The van der Waals surface area contributed by atoms with E-state index in [1.165, 1.54) is 0 Å². The summed E-state index contributed by atoms with van der Waals surface area (Å²) in [6.45, 7) is 5.84. The minimum atomic E-state index is -3.04. The van der Waals surface area contributed by atoms with Crippen molar-refractivity contribution in [1.82, 2.24) is 9.78 Å². The van der Waals surface area contributed by atoms with Crippen molar-refractivity contribution >= 4 is 9.84 Å². The van der Waals surface area contributed by atoms with Crippen molar-refractivity contribution in [2.45, 2.75) is 38.5 Å². The van der Waals surface area contributed by atoms with Gasteiger partial charge in [0.15, 0.2) is 9.84 Å². The molecule has 1 aliphatic heterocycles. The maximum atomic E-state index is 11.5. The number of nitriles is 1. The molecule has 5 nitrogen and oxygen atoms in total. The number of aromatic nitrogens is 2. The molecule has 0 aromatic carbocycles. The van der Waals surface area contributed by atoms with Crippen molar-refractivity contribution in [2.75, 3.05) is 5.75 Å². The number of rotatable bonds is 0. The molecule has 92 valence electrons. The van der Waals surface area contributed by atoms with Crippen molar-refractivity contribution in [2.24, 2.45) is 0 Å². The molecular formula is C11H15N3O2S. The zero-order chi connectivity index (χ0) is 12.8. The van der Waals surface area contributed by atoms with Gasteiger partial charge in [0.05, 0.1) is 22.7 Å². The van der Waals surface area contributed by atoms with Crippen LogP contribution in [-0.4, -0.2) is 24.0 Å². The molecule has 2 heterocycles. The van der Waals surface area contributed by atoms with Gasteiger partial charge in [-0.15, -0.1) is 0 Å². The first-order chi connectivity index (χ1) is 7.74. The number of hydrogen-bond donors (Lipinski definition) is 0. The summed E-state index contributed by atoms with van der Waals surface area (Å²) in [5, 5.41) is 13.5. The Kier molecular flexibility index (Phi) is 2.54. The molecule has 0 bridgehead atoms. The van der Waals surface area contributed by atoms with Gasteiger partial charge in [0, 0.05) is 5.56 Å². The summed E-state index contributed by atoms with van der Waals surface area (Å²) < 4.78 is 24.7. The van der Waals surface area contributed by atoms with Crippen LogP contribution in [0, 0.1) is 11.3 Å². The minimum absolute atomic E-state index is 0.0416. The third kappa shape index (κ3) is 2.07. The third-order valence-corrected chi connectivity index (χ3v) is 4.37. The van der Waals surface area contributed by atoms with E-state index in [0.717, 1.165) is 5.56 Å². The van der Waals surface area contributed by atoms with Crippen LogP contribution >= 0.6 is 0 Å². The number of nitrogens with zero attached hydrogens (tertiary/aromatic N) is 3. The smallest absolute Gasteiger partial charge is 0.156 e. The lowest BCUT2D eigenvalue weighted by molar-refractivity contribution is 0.350. The molecule has 0 aliphatic carbocycles. The molecule has 6 heteroatoms. The lowest BCUT2D eigenvalue weighted by Gasteiger charge is -2.20. The quantitative estimate of drug-likeness (QED) is 0.690. The largest absolute Gasteiger partial charge is 0.249 e. The van der Waals surface area contributed by atoms with Gasteiger partial charge in [0.1, 0.15) is 11.8 Å². The number of hydrogen-bond acceptors (Lipinski definition) is 4. The second-order valence-electron chi connectivity index (χ2n) is 5.31.